The van der Waals surface area contributed by atoms with Gasteiger partial charge in [0.15, 0.2) is 9.84 Å². The molecular weight excluding hydrogens is 334 g/mol. The Morgan fingerprint density at radius 3 is 2.58 bits per heavy atom. The number of hydrogen-bond acceptors (Lipinski definition) is 5. The van der Waals surface area contributed by atoms with E-state index in [0.717, 1.165) is 12.3 Å². The number of nitrogens with one attached hydrogen (secondary N) is 1. The molecule has 24 heavy (non-hydrogen) atoms. The summed E-state index contributed by atoms with van der Waals surface area (Å²) in [4.78, 5) is 27.0. The zero-order chi connectivity index (χ0) is 17.9. The molecule has 0 saturated carbocycles. The number of benzene rings is 1. The molecule has 0 spiro atoms. The fourth-order valence-corrected chi connectivity index (χ4v) is 2.81. The molecule has 1 unspecified atom stereocenters. The summed E-state index contributed by atoms with van der Waals surface area (Å²) in [6.45, 7) is 1.83. The summed E-state index contributed by atoms with van der Waals surface area (Å²) in [6, 6.07) is 3.37. The number of aromatic carboxylic acids is 1. The van der Waals surface area contributed by atoms with Crippen molar-refractivity contribution >= 4 is 27.4 Å². The third-order valence-electron chi connectivity index (χ3n) is 3.38. The van der Waals surface area contributed by atoms with Crippen LogP contribution < -0.4 is 5.32 Å². The molecule has 128 valence electrons. The molecule has 1 amide bonds. The normalized spacial score (nSPS) is 12.6. The standard InChI is InChI=1S/C15H17N3O5S/c1-10(18-4-3-16-9-18)5-14(19)17-12-6-11(15(20)21)7-13(8-12)24(2,22)23/h3-4,6-10H,5H2,1-2H3,(H,17,19)(H,20,21). The van der Waals surface area contributed by atoms with Gasteiger partial charge in [0.2, 0.25) is 5.91 Å². The van der Waals surface area contributed by atoms with Crippen LogP contribution in [0, 0.1) is 0 Å². The van der Waals surface area contributed by atoms with E-state index in [0.29, 0.717) is 0 Å². The van der Waals surface area contributed by atoms with Crippen molar-refractivity contribution < 1.29 is 23.1 Å². The summed E-state index contributed by atoms with van der Waals surface area (Å²) in [5.41, 5.74) is -0.0889. The minimum absolute atomic E-state index is 0.123. The van der Waals surface area contributed by atoms with Crippen LogP contribution >= 0.6 is 0 Å². The molecule has 0 aliphatic carbocycles. The quantitative estimate of drug-likeness (QED) is 0.815. The first kappa shape index (κ1) is 17.7. The van der Waals surface area contributed by atoms with E-state index in [9.17, 15) is 18.0 Å². The molecule has 2 N–H and O–H groups in total. The number of rotatable bonds is 6. The number of imidazole rings is 1. The summed E-state index contributed by atoms with van der Waals surface area (Å²) in [5.74, 6) is -1.64. The zero-order valence-corrected chi connectivity index (χ0v) is 13.9. The maximum atomic E-state index is 12.1. The largest absolute Gasteiger partial charge is 0.478 e. The lowest BCUT2D eigenvalue weighted by Gasteiger charge is -2.13. The Labute approximate surface area is 139 Å². The van der Waals surface area contributed by atoms with Gasteiger partial charge in [-0.2, -0.15) is 0 Å². The predicted molar refractivity (Wildman–Crippen MR) is 86.7 cm³/mol. The van der Waals surface area contributed by atoms with E-state index in [4.69, 9.17) is 5.11 Å². The Bertz CT molecular complexity index is 859. The number of carbonyl (C=O) groups is 2. The van der Waals surface area contributed by atoms with Crippen molar-refractivity contribution in [3.8, 4) is 0 Å². The van der Waals surface area contributed by atoms with Gasteiger partial charge in [0.05, 0.1) is 16.8 Å². The smallest absolute Gasteiger partial charge is 0.335 e. The number of nitrogens with zero attached hydrogens (tertiary/aromatic N) is 2. The Balaban J connectivity index is 2.20. The van der Waals surface area contributed by atoms with Crippen molar-refractivity contribution in [2.45, 2.75) is 24.3 Å². The first-order chi connectivity index (χ1) is 11.2. The SMILES string of the molecule is CC(CC(=O)Nc1cc(C(=O)O)cc(S(C)(=O)=O)c1)n1ccnc1. The summed E-state index contributed by atoms with van der Waals surface area (Å²) in [6.07, 6.45) is 6.02. The number of amides is 1. The van der Waals surface area contributed by atoms with Crippen LogP contribution in [0.15, 0.2) is 41.8 Å². The van der Waals surface area contributed by atoms with Gasteiger partial charge in [0, 0.05) is 36.8 Å². The van der Waals surface area contributed by atoms with Crippen molar-refractivity contribution in [3.05, 3.63) is 42.5 Å². The van der Waals surface area contributed by atoms with Gasteiger partial charge in [-0.3, -0.25) is 4.79 Å². The number of anilines is 1. The molecule has 0 aliphatic rings. The van der Waals surface area contributed by atoms with Gasteiger partial charge in [-0.15, -0.1) is 0 Å². The Morgan fingerprint density at radius 2 is 2.04 bits per heavy atom. The van der Waals surface area contributed by atoms with Gasteiger partial charge in [0.1, 0.15) is 0 Å². The highest BCUT2D eigenvalue weighted by Crippen LogP contribution is 2.20. The van der Waals surface area contributed by atoms with Crippen LogP contribution in [0.4, 0.5) is 5.69 Å². The van der Waals surface area contributed by atoms with Crippen LogP contribution in [-0.4, -0.2) is 41.2 Å². The lowest BCUT2D eigenvalue weighted by molar-refractivity contribution is -0.116. The van der Waals surface area contributed by atoms with Gasteiger partial charge in [-0.1, -0.05) is 0 Å². The van der Waals surface area contributed by atoms with Gasteiger partial charge in [-0.25, -0.2) is 18.2 Å². The first-order valence-corrected chi connectivity index (χ1v) is 8.91. The van der Waals surface area contributed by atoms with Crippen molar-refractivity contribution in [1.29, 1.82) is 0 Å². The van der Waals surface area contributed by atoms with E-state index < -0.39 is 15.8 Å². The molecular formula is C15H17N3O5S. The second kappa shape index (κ2) is 6.83. The van der Waals surface area contributed by atoms with Crippen LogP contribution in [0.25, 0.3) is 0 Å². The molecule has 0 saturated heterocycles. The maximum Gasteiger partial charge on any atom is 0.335 e. The van der Waals surface area contributed by atoms with Gasteiger partial charge in [-0.05, 0) is 25.1 Å². The summed E-state index contributed by atoms with van der Waals surface area (Å²) in [5, 5.41) is 11.6. The van der Waals surface area contributed by atoms with Crippen molar-refractivity contribution in [2.75, 3.05) is 11.6 Å². The molecule has 1 aromatic carbocycles. The predicted octanol–water partition coefficient (Wildman–Crippen LogP) is 1.57. The molecule has 1 aromatic heterocycles. The number of carboxylic acids is 1. The minimum atomic E-state index is -3.60. The number of carboxylic acid groups (broad SMARTS) is 1. The third-order valence-corrected chi connectivity index (χ3v) is 4.47. The summed E-state index contributed by atoms with van der Waals surface area (Å²) >= 11 is 0. The van der Waals surface area contributed by atoms with Crippen LogP contribution in [0.2, 0.25) is 0 Å². The number of sulfone groups is 1. The Hall–Kier alpha value is -2.68. The van der Waals surface area contributed by atoms with Crippen molar-refractivity contribution in [1.82, 2.24) is 9.55 Å². The maximum absolute atomic E-state index is 12.1. The van der Waals surface area contributed by atoms with E-state index >= 15 is 0 Å². The van der Waals surface area contributed by atoms with Crippen molar-refractivity contribution in [2.24, 2.45) is 0 Å². The number of carbonyl (C=O) groups excluding carboxylic acids is 1. The molecule has 1 heterocycles. The molecule has 9 heteroatoms. The fraction of sp³-hybridized carbons (Fsp3) is 0.267. The highest BCUT2D eigenvalue weighted by atomic mass is 32.2. The van der Waals surface area contributed by atoms with E-state index in [1.165, 1.54) is 12.1 Å². The minimum Gasteiger partial charge on any atom is -0.478 e. The average Bonchev–Trinajstić information content (AvgIpc) is 3.00. The lowest BCUT2D eigenvalue weighted by Crippen LogP contribution is -2.17. The van der Waals surface area contributed by atoms with Crippen LogP contribution in [0.1, 0.15) is 29.7 Å². The number of hydrogen-bond donors (Lipinski definition) is 2. The first-order valence-electron chi connectivity index (χ1n) is 7.02. The van der Waals surface area contributed by atoms with E-state index in [1.807, 2.05) is 6.92 Å². The lowest BCUT2D eigenvalue weighted by atomic mass is 10.2. The van der Waals surface area contributed by atoms with Crippen LogP contribution in [0.3, 0.4) is 0 Å². The highest BCUT2D eigenvalue weighted by molar-refractivity contribution is 7.90. The van der Waals surface area contributed by atoms with Crippen LogP contribution in [0.5, 0.6) is 0 Å². The second-order valence-corrected chi connectivity index (χ2v) is 7.45. The molecule has 0 aliphatic heterocycles. The van der Waals surface area contributed by atoms with Crippen LogP contribution in [-0.2, 0) is 14.6 Å². The Morgan fingerprint density at radius 1 is 1.33 bits per heavy atom. The second-order valence-electron chi connectivity index (χ2n) is 5.43. The molecule has 8 nitrogen and oxygen atoms in total. The molecule has 1 atom stereocenters. The average molecular weight is 351 g/mol. The topological polar surface area (TPSA) is 118 Å². The highest BCUT2D eigenvalue weighted by Gasteiger charge is 2.16. The van der Waals surface area contributed by atoms with Gasteiger partial charge in [0.25, 0.3) is 0 Å². The van der Waals surface area contributed by atoms with E-state index in [-0.39, 0.29) is 34.5 Å². The number of aromatic nitrogens is 2. The van der Waals surface area contributed by atoms with Gasteiger partial charge >= 0.3 is 5.97 Å². The van der Waals surface area contributed by atoms with Gasteiger partial charge < -0.3 is 15.0 Å². The molecule has 2 aromatic rings. The molecule has 0 fully saturated rings. The zero-order valence-electron chi connectivity index (χ0n) is 13.1. The third kappa shape index (κ3) is 4.42. The molecule has 2 rings (SSSR count). The monoisotopic (exact) mass is 351 g/mol. The summed E-state index contributed by atoms with van der Waals surface area (Å²) in [7, 11) is -3.60. The van der Waals surface area contributed by atoms with E-state index in [2.05, 4.69) is 10.3 Å². The molecule has 0 bridgehead atoms. The Kier molecular flexibility index (Phi) is 5.03. The van der Waals surface area contributed by atoms with E-state index in [1.54, 1.807) is 23.3 Å². The fourth-order valence-electron chi connectivity index (χ4n) is 2.12. The molecule has 0 radical (unpaired) electrons. The van der Waals surface area contributed by atoms with Crippen molar-refractivity contribution in [3.63, 3.8) is 0 Å². The summed E-state index contributed by atoms with van der Waals surface area (Å²) < 4.78 is 25.1.